The summed E-state index contributed by atoms with van der Waals surface area (Å²) in [6.07, 6.45) is 1.01. The third-order valence-corrected chi connectivity index (χ3v) is 3.92. The molecule has 1 fully saturated rings. The molecule has 20 heavy (non-hydrogen) atoms. The fourth-order valence-electron chi connectivity index (χ4n) is 2.65. The first-order valence-corrected chi connectivity index (χ1v) is 6.96. The van der Waals surface area contributed by atoms with Crippen molar-refractivity contribution in [2.75, 3.05) is 13.1 Å². The molecule has 0 bridgehead atoms. The van der Waals surface area contributed by atoms with Crippen LogP contribution >= 0.6 is 0 Å². The summed E-state index contributed by atoms with van der Waals surface area (Å²) in [7, 11) is 0. The molecule has 1 aliphatic heterocycles. The first-order valence-electron chi connectivity index (χ1n) is 6.96. The number of hydrogen-bond acceptors (Lipinski definition) is 2. The maximum absolute atomic E-state index is 12.7. The number of nitrogens with two attached hydrogens (primary N) is 1. The van der Waals surface area contributed by atoms with E-state index in [4.69, 9.17) is 5.73 Å². The van der Waals surface area contributed by atoms with Crippen LogP contribution in [0.15, 0.2) is 54.6 Å². The SMILES string of the molecule is NC[C@@H]1CCN1C(=O)c1ccccc1-c1ccccc1. The van der Waals surface area contributed by atoms with Crippen LogP contribution in [0, 0.1) is 0 Å². The molecule has 1 amide bonds. The van der Waals surface area contributed by atoms with E-state index in [1.165, 1.54) is 0 Å². The van der Waals surface area contributed by atoms with Crippen molar-refractivity contribution in [2.45, 2.75) is 12.5 Å². The van der Waals surface area contributed by atoms with Gasteiger partial charge in [0.05, 0.1) is 0 Å². The van der Waals surface area contributed by atoms with Gasteiger partial charge in [-0.3, -0.25) is 4.79 Å². The van der Waals surface area contributed by atoms with Crippen LogP contribution in [0.5, 0.6) is 0 Å². The molecule has 0 radical (unpaired) electrons. The third-order valence-electron chi connectivity index (χ3n) is 3.92. The normalized spacial score (nSPS) is 17.6. The highest BCUT2D eigenvalue weighted by Gasteiger charge is 2.32. The van der Waals surface area contributed by atoms with Crippen LogP contribution in [-0.2, 0) is 0 Å². The first-order chi connectivity index (χ1) is 9.81. The van der Waals surface area contributed by atoms with E-state index in [2.05, 4.69) is 0 Å². The average molecular weight is 266 g/mol. The molecule has 2 aromatic rings. The summed E-state index contributed by atoms with van der Waals surface area (Å²) in [6, 6.07) is 18.0. The lowest BCUT2D eigenvalue weighted by molar-refractivity contribution is 0.0482. The number of benzene rings is 2. The number of rotatable bonds is 3. The van der Waals surface area contributed by atoms with E-state index in [0.717, 1.165) is 29.7 Å². The van der Waals surface area contributed by atoms with Gasteiger partial charge in [-0.15, -0.1) is 0 Å². The Labute approximate surface area is 119 Å². The highest BCUT2D eigenvalue weighted by Crippen LogP contribution is 2.27. The highest BCUT2D eigenvalue weighted by atomic mass is 16.2. The Balaban J connectivity index is 1.96. The summed E-state index contributed by atoms with van der Waals surface area (Å²) in [5.41, 5.74) is 8.51. The van der Waals surface area contributed by atoms with Gasteiger partial charge in [-0.1, -0.05) is 48.5 Å². The van der Waals surface area contributed by atoms with Crippen LogP contribution in [0.1, 0.15) is 16.8 Å². The second-order valence-corrected chi connectivity index (χ2v) is 5.09. The standard InChI is InChI=1S/C17H18N2O/c18-12-14-10-11-19(14)17(20)16-9-5-4-8-15(16)13-6-2-1-3-7-13/h1-9,14H,10-12,18H2/t14-/m0/s1. The molecule has 1 atom stereocenters. The maximum Gasteiger partial charge on any atom is 0.254 e. The van der Waals surface area contributed by atoms with E-state index < -0.39 is 0 Å². The van der Waals surface area contributed by atoms with Crippen molar-refractivity contribution < 1.29 is 4.79 Å². The van der Waals surface area contributed by atoms with Crippen molar-refractivity contribution in [3.63, 3.8) is 0 Å². The number of carbonyl (C=O) groups excluding carboxylic acids is 1. The van der Waals surface area contributed by atoms with E-state index in [0.29, 0.717) is 6.54 Å². The van der Waals surface area contributed by atoms with Crippen LogP contribution in [0.4, 0.5) is 0 Å². The van der Waals surface area contributed by atoms with Gasteiger partial charge in [0.2, 0.25) is 0 Å². The fourth-order valence-corrected chi connectivity index (χ4v) is 2.65. The Bertz CT molecular complexity index is 607. The van der Waals surface area contributed by atoms with Gasteiger partial charge >= 0.3 is 0 Å². The van der Waals surface area contributed by atoms with E-state index >= 15 is 0 Å². The Hall–Kier alpha value is -2.13. The molecule has 3 rings (SSSR count). The van der Waals surface area contributed by atoms with Crippen molar-refractivity contribution in [1.82, 2.24) is 4.90 Å². The molecule has 1 saturated heterocycles. The predicted octanol–water partition coefficient (Wildman–Crippen LogP) is 2.53. The number of nitrogens with zero attached hydrogens (tertiary/aromatic N) is 1. The average Bonchev–Trinajstić information content (AvgIpc) is 2.47. The smallest absolute Gasteiger partial charge is 0.254 e. The van der Waals surface area contributed by atoms with Crippen LogP contribution in [0.3, 0.4) is 0 Å². The fraction of sp³-hybridized carbons (Fsp3) is 0.235. The van der Waals surface area contributed by atoms with Gasteiger partial charge in [0.25, 0.3) is 5.91 Å². The minimum absolute atomic E-state index is 0.0890. The van der Waals surface area contributed by atoms with Crippen LogP contribution < -0.4 is 5.73 Å². The van der Waals surface area contributed by atoms with Crippen molar-refractivity contribution in [3.8, 4) is 11.1 Å². The molecule has 0 unspecified atom stereocenters. The van der Waals surface area contributed by atoms with Crippen molar-refractivity contribution in [3.05, 3.63) is 60.2 Å². The van der Waals surface area contributed by atoms with E-state index in [1.54, 1.807) is 0 Å². The minimum atomic E-state index is 0.0890. The van der Waals surface area contributed by atoms with Crippen molar-refractivity contribution >= 4 is 5.91 Å². The summed E-state index contributed by atoms with van der Waals surface area (Å²) >= 11 is 0. The van der Waals surface area contributed by atoms with E-state index in [1.807, 2.05) is 59.5 Å². The van der Waals surface area contributed by atoms with E-state index in [-0.39, 0.29) is 11.9 Å². The monoisotopic (exact) mass is 266 g/mol. The Morgan fingerprint density at radius 3 is 2.45 bits per heavy atom. The van der Waals surface area contributed by atoms with Gasteiger partial charge in [-0.2, -0.15) is 0 Å². The summed E-state index contributed by atoms with van der Waals surface area (Å²) in [4.78, 5) is 14.5. The quantitative estimate of drug-likeness (QED) is 0.928. The number of hydrogen-bond donors (Lipinski definition) is 1. The molecule has 1 aliphatic rings. The highest BCUT2D eigenvalue weighted by molar-refractivity contribution is 6.01. The minimum Gasteiger partial charge on any atom is -0.334 e. The molecule has 0 spiro atoms. The molecular formula is C17H18N2O. The molecule has 0 aromatic heterocycles. The molecule has 0 aliphatic carbocycles. The molecule has 2 aromatic carbocycles. The van der Waals surface area contributed by atoms with E-state index in [9.17, 15) is 4.79 Å². The molecule has 0 saturated carbocycles. The molecule has 3 heteroatoms. The largest absolute Gasteiger partial charge is 0.334 e. The zero-order valence-corrected chi connectivity index (χ0v) is 11.3. The lowest BCUT2D eigenvalue weighted by atomic mass is 9.96. The molecule has 102 valence electrons. The summed E-state index contributed by atoms with van der Waals surface area (Å²) in [5.74, 6) is 0.0890. The van der Waals surface area contributed by atoms with Gasteiger partial charge in [-0.25, -0.2) is 0 Å². The van der Waals surface area contributed by atoms with Gasteiger partial charge in [-0.05, 0) is 23.6 Å². The molecular weight excluding hydrogens is 248 g/mol. The van der Waals surface area contributed by atoms with Crippen LogP contribution in [0.25, 0.3) is 11.1 Å². The topological polar surface area (TPSA) is 46.3 Å². The van der Waals surface area contributed by atoms with Crippen LogP contribution in [0.2, 0.25) is 0 Å². The van der Waals surface area contributed by atoms with Gasteiger partial charge in [0, 0.05) is 24.7 Å². The van der Waals surface area contributed by atoms with Crippen LogP contribution in [-0.4, -0.2) is 29.9 Å². The van der Waals surface area contributed by atoms with Crippen molar-refractivity contribution in [2.24, 2.45) is 5.73 Å². The number of carbonyl (C=O) groups is 1. The second-order valence-electron chi connectivity index (χ2n) is 5.09. The van der Waals surface area contributed by atoms with Gasteiger partial charge in [0.15, 0.2) is 0 Å². The zero-order valence-electron chi connectivity index (χ0n) is 11.3. The third kappa shape index (κ3) is 2.21. The Morgan fingerprint density at radius 2 is 1.80 bits per heavy atom. The second kappa shape index (κ2) is 5.47. The molecule has 3 nitrogen and oxygen atoms in total. The zero-order chi connectivity index (χ0) is 13.9. The summed E-state index contributed by atoms with van der Waals surface area (Å²) in [5, 5.41) is 0. The van der Waals surface area contributed by atoms with Gasteiger partial charge in [0.1, 0.15) is 0 Å². The molecule has 1 heterocycles. The lowest BCUT2D eigenvalue weighted by Crippen LogP contribution is -2.54. The van der Waals surface area contributed by atoms with Gasteiger partial charge < -0.3 is 10.6 Å². The summed E-state index contributed by atoms with van der Waals surface area (Å²) in [6.45, 7) is 1.35. The number of amides is 1. The predicted molar refractivity (Wildman–Crippen MR) is 80.4 cm³/mol. The Kier molecular flexibility index (Phi) is 3.52. The Morgan fingerprint density at radius 1 is 1.10 bits per heavy atom. The summed E-state index contributed by atoms with van der Waals surface area (Å²) < 4.78 is 0. The lowest BCUT2D eigenvalue weighted by Gasteiger charge is -2.40. The van der Waals surface area contributed by atoms with Crippen molar-refractivity contribution in [1.29, 1.82) is 0 Å². The molecule has 2 N–H and O–H groups in total. The number of likely N-dealkylation sites (tertiary alicyclic amines) is 1. The maximum atomic E-state index is 12.7. The first kappa shape index (κ1) is 12.9.